The summed E-state index contributed by atoms with van der Waals surface area (Å²) in [6.07, 6.45) is 1.96. The quantitative estimate of drug-likeness (QED) is 0.299. The van der Waals surface area contributed by atoms with E-state index >= 15 is 0 Å². The molecule has 0 spiro atoms. The van der Waals surface area contributed by atoms with Gasteiger partial charge >= 0.3 is 0 Å². The van der Waals surface area contributed by atoms with Gasteiger partial charge in [0.25, 0.3) is 5.91 Å². The lowest BCUT2D eigenvalue weighted by molar-refractivity contribution is -0.115. The molecule has 5 rings (SSSR count). The number of nitrogens with zero attached hydrogens (tertiary/aromatic N) is 1. The molecule has 1 amide bonds. The minimum Gasteiger partial charge on any atom is -0.300 e. The number of fused-ring (bicyclic) bond motifs is 2. The third kappa shape index (κ3) is 3.41. The highest BCUT2D eigenvalue weighted by Gasteiger charge is 2.24. The highest BCUT2D eigenvalue weighted by molar-refractivity contribution is 8.18. The summed E-state index contributed by atoms with van der Waals surface area (Å²) in [6.45, 7) is 0. The van der Waals surface area contributed by atoms with E-state index in [1.165, 1.54) is 11.8 Å². The van der Waals surface area contributed by atoms with Gasteiger partial charge in [0.15, 0.2) is 5.17 Å². The minimum atomic E-state index is -0.155. The molecule has 4 aromatic rings. The maximum Gasteiger partial charge on any atom is 0.264 e. The Morgan fingerprint density at radius 2 is 1.48 bits per heavy atom. The van der Waals surface area contributed by atoms with E-state index in [1.807, 2.05) is 48.5 Å². The predicted octanol–water partition coefficient (Wildman–Crippen LogP) is 6.54. The van der Waals surface area contributed by atoms with Gasteiger partial charge in [0.05, 0.1) is 15.6 Å². The lowest BCUT2D eigenvalue weighted by Crippen LogP contribution is -2.19. The van der Waals surface area contributed by atoms with Gasteiger partial charge in [0.1, 0.15) is 0 Å². The number of hydrogen-bond donors (Lipinski definition) is 1. The van der Waals surface area contributed by atoms with Gasteiger partial charge in [-0.05, 0) is 63.1 Å². The van der Waals surface area contributed by atoms with Gasteiger partial charge in [-0.15, -0.1) is 0 Å². The molecule has 1 N–H and O–H groups in total. The number of hydrogen-bond acceptors (Lipinski definition) is 3. The Morgan fingerprint density at radius 3 is 2.17 bits per heavy atom. The Morgan fingerprint density at radius 1 is 0.862 bits per heavy atom. The number of aliphatic imine (C=N–C) groups is 1. The van der Waals surface area contributed by atoms with Crippen LogP contribution in [0.25, 0.3) is 27.6 Å². The summed E-state index contributed by atoms with van der Waals surface area (Å²) in [4.78, 5) is 17.7. The molecule has 4 aromatic carbocycles. The highest BCUT2D eigenvalue weighted by Crippen LogP contribution is 2.35. The summed E-state index contributed by atoms with van der Waals surface area (Å²) in [5.41, 5.74) is 1.67. The molecule has 1 heterocycles. The maximum atomic E-state index is 12.6. The van der Waals surface area contributed by atoms with Crippen molar-refractivity contribution in [3.63, 3.8) is 0 Å². The maximum absolute atomic E-state index is 12.6. The normalized spacial score (nSPS) is 16.8. The number of carbonyl (C=O) groups excluding carboxylic acids is 1. The summed E-state index contributed by atoms with van der Waals surface area (Å²) in [7, 11) is 0. The second-order valence-corrected chi connectivity index (χ2v) is 8.10. The van der Waals surface area contributed by atoms with Crippen molar-refractivity contribution >= 4 is 67.7 Å². The topological polar surface area (TPSA) is 41.5 Å². The highest BCUT2D eigenvalue weighted by atomic mass is 35.5. The minimum absolute atomic E-state index is 0.155. The van der Waals surface area contributed by atoms with E-state index in [-0.39, 0.29) is 5.91 Å². The SMILES string of the molecule is O=C1NC(=Nc2ccccc2Cl)SC1=Cc1c2ccccc2cc2ccccc12. The molecule has 3 nitrogen and oxygen atoms in total. The van der Waals surface area contributed by atoms with Crippen molar-refractivity contribution in [3.8, 4) is 0 Å². The Hall–Kier alpha value is -3.08. The average molecular weight is 415 g/mol. The van der Waals surface area contributed by atoms with Crippen LogP contribution in [-0.4, -0.2) is 11.1 Å². The van der Waals surface area contributed by atoms with Gasteiger partial charge < -0.3 is 5.32 Å². The van der Waals surface area contributed by atoms with Gasteiger partial charge in [-0.1, -0.05) is 72.3 Å². The molecular weight excluding hydrogens is 400 g/mol. The molecule has 0 aromatic heterocycles. The van der Waals surface area contributed by atoms with E-state index in [0.717, 1.165) is 27.1 Å². The number of carbonyl (C=O) groups is 1. The molecule has 0 atom stereocenters. The molecular formula is C24H15ClN2OS. The zero-order valence-corrected chi connectivity index (χ0v) is 16.8. The first-order chi connectivity index (χ1) is 14.2. The van der Waals surface area contributed by atoms with Crippen LogP contribution in [0.1, 0.15) is 5.56 Å². The van der Waals surface area contributed by atoms with Crippen molar-refractivity contribution in [3.05, 3.63) is 94.4 Å². The Labute approximate surface area is 177 Å². The van der Waals surface area contributed by atoms with E-state index < -0.39 is 0 Å². The largest absolute Gasteiger partial charge is 0.300 e. The predicted molar refractivity (Wildman–Crippen MR) is 124 cm³/mol. The number of rotatable bonds is 2. The Bertz CT molecular complexity index is 1290. The number of nitrogens with one attached hydrogen (secondary N) is 1. The van der Waals surface area contributed by atoms with Gasteiger partial charge in [-0.25, -0.2) is 4.99 Å². The molecule has 5 heteroatoms. The lowest BCUT2D eigenvalue weighted by atomic mass is 9.96. The van der Waals surface area contributed by atoms with E-state index in [4.69, 9.17) is 11.6 Å². The number of amidine groups is 1. The van der Waals surface area contributed by atoms with E-state index in [2.05, 4.69) is 40.6 Å². The van der Waals surface area contributed by atoms with Crippen molar-refractivity contribution in [2.24, 2.45) is 4.99 Å². The fraction of sp³-hybridized carbons (Fsp3) is 0. The fourth-order valence-corrected chi connectivity index (χ4v) is 4.46. The van der Waals surface area contributed by atoms with Gasteiger partial charge in [-0.3, -0.25) is 4.79 Å². The number of thioether (sulfide) groups is 1. The van der Waals surface area contributed by atoms with Crippen LogP contribution in [0.5, 0.6) is 0 Å². The molecule has 1 aliphatic rings. The van der Waals surface area contributed by atoms with Crippen molar-refractivity contribution in [1.29, 1.82) is 0 Å². The molecule has 0 saturated carbocycles. The van der Waals surface area contributed by atoms with Crippen LogP contribution < -0.4 is 5.32 Å². The van der Waals surface area contributed by atoms with Crippen LogP contribution in [0, 0.1) is 0 Å². The first-order valence-electron chi connectivity index (χ1n) is 9.14. The summed E-state index contributed by atoms with van der Waals surface area (Å²) >= 11 is 7.52. The van der Waals surface area contributed by atoms with Crippen molar-refractivity contribution in [1.82, 2.24) is 5.32 Å². The zero-order chi connectivity index (χ0) is 19.8. The van der Waals surface area contributed by atoms with Crippen molar-refractivity contribution in [2.75, 3.05) is 0 Å². The van der Waals surface area contributed by atoms with E-state index in [9.17, 15) is 4.79 Å². The molecule has 0 radical (unpaired) electrons. The second-order valence-electron chi connectivity index (χ2n) is 6.67. The lowest BCUT2D eigenvalue weighted by Gasteiger charge is -2.08. The molecule has 140 valence electrons. The molecule has 1 fully saturated rings. The number of para-hydroxylation sites is 1. The van der Waals surface area contributed by atoms with Crippen molar-refractivity contribution in [2.45, 2.75) is 0 Å². The van der Waals surface area contributed by atoms with Gasteiger partial charge in [-0.2, -0.15) is 0 Å². The van der Waals surface area contributed by atoms with E-state index in [1.54, 1.807) is 6.07 Å². The second kappa shape index (κ2) is 7.39. The van der Waals surface area contributed by atoms with E-state index in [0.29, 0.717) is 20.8 Å². The first-order valence-corrected chi connectivity index (χ1v) is 10.3. The molecule has 0 unspecified atom stereocenters. The monoisotopic (exact) mass is 414 g/mol. The standard InChI is InChI=1S/C24H15ClN2OS/c25-20-11-5-6-12-21(20)26-24-27-23(28)22(29-24)14-19-17-9-3-1-7-15(17)13-16-8-2-4-10-18(16)19/h1-14H,(H,26,27,28). The summed E-state index contributed by atoms with van der Waals surface area (Å²) in [5.74, 6) is -0.155. The van der Waals surface area contributed by atoms with Crippen LogP contribution in [0.2, 0.25) is 5.02 Å². The Balaban J connectivity index is 1.63. The van der Waals surface area contributed by atoms with Gasteiger partial charge in [0.2, 0.25) is 0 Å². The van der Waals surface area contributed by atoms with Crippen LogP contribution in [-0.2, 0) is 4.79 Å². The van der Waals surface area contributed by atoms with Crippen LogP contribution in [0.15, 0.2) is 88.8 Å². The molecule has 1 aliphatic heterocycles. The van der Waals surface area contributed by atoms with Crippen LogP contribution in [0.4, 0.5) is 5.69 Å². The number of benzene rings is 4. The number of halogens is 1. The van der Waals surface area contributed by atoms with Gasteiger partial charge in [0, 0.05) is 0 Å². The Kier molecular flexibility index (Phi) is 4.58. The third-order valence-electron chi connectivity index (χ3n) is 4.81. The van der Waals surface area contributed by atoms with Crippen LogP contribution >= 0.6 is 23.4 Å². The summed E-state index contributed by atoms with van der Waals surface area (Å²) in [5, 5.41) is 8.44. The first kappa shape index (κ1) is 18.0. The summed E-state index contributed by atoms with van der Waals surface area (Å²) < 4.78 is 0. The molecule has 0 aliphatic carbocycles. The third-order valence-corrected chi connectivity index (χ3v) is 6.04. The summed E-state index contributed by atoms with van der Waals surface area (Å²) in [6, 6.07) is 26.0. The van der Waals surface area contributed by atoms with Crippen LogP contribution in [0.3, 0.4) is 0 Å². The average Bonchev–Trinajstić information content (AvgIpc) is 3.08. The molecule has 1 saturated heterocycles. The zero-order valence-electron chi connectivity index (χ0n) is 15.2. The smallest absolute Gasteiger partial charge is 0.264 e. The van der Waals surface area contributed by atoms with Crippen molar-refractivity contribution < 1.29 is 4.79 Å². The molecule has 0 bridgehead atoms. The number of amides is 1. The molecule has 29 heavy (non-hydrogen) atoms. The fourth-order valence-electron chi connectivity index (χ4n) is 3.47.